The first-order valence-electron chi connectivity index (χ1n) is 62.4. The van der Waals surface area contributed by atoms with Crippen molar-refractivity contribution in [2.24, 2.45) is 28.7 Å². The summed E-state index contributed by atoms with van der Waals surface area (Å²) >= 11 is 0. The molecular weight excluding hydrogens is 1830 g/mol. The van der Waals surface area contributed by atoms with Gasteiger partial charge < -0.3 is 106 Å². The van der Waals surface area contributed by atoms with Crippen LogP contribution in [0.2, 0.25) is 0 Å². The lowest BCUT2D eigenvalue weighted by molar-refractivity contribution is -0.133. The summed E-state index contributed by atoms with van der Waals surface area (Å²) in [6, 6.07) is -0.557. The highest BCUT2D eigenvalue weighted by Crippen LogP contribution is 2.19. The van der Waals surface area contributed by atoms with Crippen LogP contribution in [0.5, 0.6) is 0 Å². The van der Waals surface area contributed by atoms with Crippen molar-refractivity contribution in [3.8, 4) is 0 Å². The highest BCUT2D eigenvalue weighted by molar-refractivity contribution is 5.83. The van der Waals surface area contributed by atoms with Gasteiger partial charge in [-0.05, 0) is 129 Å². The molecule has 0 spiro atoms. The lowest BCUT2D eigenvalue weighted by Crippen LogP contribution is -2.45. The van der Waals surface area contributed by atoms with E-state index in [1.165, 1.54) is 327 Å². The maximum absolute atomic E-state index is 13.1. The molecule has 146 heavy (non-hydrogen) atoms. The summed E-state index contributed by atoms with van der Waals surface area (Å²) in [6.07, 6.45) is 85.6. The van der Waals surface area contributed by atoms with E-state index in [1.54, 1.807) is 4.90 Å². The molecule has 0 aromatic carbocycles. The Morgan fingerprint density at radius 2 is 0.411 bits per heavy atom. The molecule has 0 radical (unpaired) electrons. The van der Waals surface area contributed by atoms with E-state index in [9.17, 15) is 48.9 Å². The number of nitrogens with one attached hydrogen (secondary N) is 8. The number of aliphatic hydroxyl groups is 3. The number of nitrogens with zero attached hydrogens (tertiary/aromatic N) is 4. The Labute approximate surface area is 900 Å². The molecule has 0 fully saturated rings. The van der Waals surface area contributed by atoms with Crippen molar-refractivity contribution in [3.05, 3.63) is 0 Å². The highest BCUT2D eigenvalue weighted by Gasteiger charge is 2.23. The van der Waals surface area contributed by atoms with Gasteiger partial charge in [-0.1, -0.05) is 409 Å². The molecule has 0 heterocycles. The van der Waals surface area contributed by atoms with Crippen LogP contribution in [0.4, 0.5) is 0 Å². The van der Waals surface area contributed by atoms with Gasteiger partial charge in [0.05, 0.1) is 24.4 Å². The summed E-state index contributed by atoms with van der Waals surface area (Å²) in [5.41, 5.74) is 28.9. The van der Waals surface area contributed by atoms with Gasteiger partial charge in [0.2, 0.25) is 41.4 Å². The predicted octanol–water partition coefficient (Wildman–Crippen LogP) is 21.2. The topological polar surface area (TPSA) is 419 Å². The van der Waals surface area contributed by atoms with Crippen LogP contribution in [-0.2, 0) is 33.6 Å². The number of unbranched alkanes of at least 4 members (excludes halogenated alkanes) is 58. The molecule has 27 nitrogen and oxygen atoms in total. The normalized spacial score (nSPS) is 12.2. The van der Waals surface area contributed by atoms with E-state index in [2.05, 4.69) is 98.8 Å². The third-order valence-corrected chi connectivity index (χ3v) is 27.9. The van der Waals surface area contributed by atoms with Crippen LogP contribution in [0.3, 0.4) is 0 Å². The minimum absolute atomic E-state index is 0.00135. The van der Waals surface area contributed by atoms with Gasteiger partial charge >= 0.3 is 0 Å². The molecule has 0 aromatic heterocycles. The van der Waals surface area contributed by atoms with Gasteiger partial charge in [0, 0.05) is 163 Å². The zero-order valence-corrected chi connectivity index (χ0v) is 97.4. The van der Waals surface area contributed by atoms with Gasteiger partial charge in [0.25, 0.3) is 0 Å². The van der Waals surface area contributed by atoms with Crippen LogP contribution < -0.4 is 71.2 Å². The highest BCUT2D eigenvalue weighted by atomic mass is 16.3. The zero-order chi connectivity index (χ0) is 108. The second-order valence-electron chi connectivity index (χ2n) is 42.1. The molecule has 21 N–H and O–H groups in total. The Balaban J connectivity index is -0.00000103. The Bertz CT molecular complexity index is 2630. The van der Waals surface area contributed by atoms with E-state index < -0.39 is 24.4 Å². The standard InChI is InChI=1S/C40H84N6O4.C40H82N6O3.C37H77N5O3.C2H6/c1-3-5-7-9-11-13-15-17-19-21-27-43-39(49)25-31-45(35-37(47)33-41)29-23-24-30-46(36-38(48)34-42)32-26-40(50)44-28-22-20-18-16-14-12-10-8-6-4-2;1-3-5-7-9-11-13-15-17-19-23-32-44-38(47)28-34-43-31-25-26-35-46(40(49)37(42)27-21-22-30-41)36-29-39(48)45-33-24-20-18-16-14-12-10-8-6-4-2;1-3-5-7-9-11-13-15-17-19-21-28-40-36(44)25-30-39-27-23-24-31-42(34-35(43)33-38)32-26-37(45)41-29-22-20-18-16-14-12-10-8-6-4-2;1-2/h37-38,47-48H,3-36,41-42H2,1-2H3,(H,43,49)(H,44,50);37,43H,3-36,41-42H2,1-2H3,(H,44,47)(H,45,48);35,39,43H,3-34,38H2,1-2H3,(H,40,44)(H,41,45);1-2H3. The summed E-state index contributed by atoms with van der Waals surface area (Å²) in [5, 5.41) is 55.6. The molecule has 7 amide bonds. The fourth-order valence-electron chi connectivity index (χ4n) is 18.2. The number of nitrogens with two attached hydrogens (primary N) is 5. The molecule has 0 saturated heterocycles. The Kier molecular flexibility index (Phi) is 126. The summed E-state index contributed by atoms with van der Waals surface area (Å²) < 4.78 is 0. The summed E-state index contributed by atoms with van der Waals surface area (Å²) in [5.74, 6) is 0.363. The second-order valence-corrected chi connectivity index (χ2v) is 42.1. The summed E-state index contributed by atoms with van der Waals surface area (Å²) in [7, 11) is 0. The number of carbonyl (C=O) groups excluding carboxylic acids is 7. The van der Waals surface area contributed by atoms with Gasteiger partial charge in [-0.15, -0.1) is 0 Å². The van der Waals surface area contributed by atoms with Gasteiger partial charge in [-0.25, -0.2) is 0 Å². The molecule has 27 heteroatoms. The van der Waals surface area contributed by atoms with E-state index >= 15 is 0 Å². The number of rotatable bonds is 113. The van der Waals surface area contributed by atoms with Crippen molar-refractivity contribution in [2.75, 3.05) is 164 Å². The summed E-state index contributed by atoms with van der Waals surface area (Å²) in [6.45, 7) is 32.6. The lowest BCUT2D eigenvalue weighted by Gasteiger charge is -2.26. The van der Waals surface area contributed by atoms with Crippen LogP contribution in [-0.4, -0.2) is 264 Å². The van der Waals surface area contributed by atoms with Crippen LogP contribution in [0.1, 0.15) is 537 Å². The monoisotopic (exact) mass is 2080 g/mol. The average molecular weight is 2080 g/mol. The number of aliphatic hydroxyl groups excluding tert-OH is 3. The SMILES string of the molecule is CC.CCCCCCCCCCCCNC(=O)CCN(CCCCN(CCC(=O)NCCCCCCCCCCCC)CC(O)CN)CC(O)CN.CCCCCCCCCCCCNC(=O)CCNCCCCN(CCC(=O)NCCCCCCCCCCCC)C(=O)C(N)CCCCN.CCCCCCCCCCCCNC(=O)CCNCCCCN(CCC(=O)NCCCCCCCCCCCC)CC(O)CN. The lowest BCUT2D eigenvalue weighted by atomic mass is 10.1. The Morgan fingerprint density at radius 1 is 0.219 bits per heavy atom. The minimum Gasteiger partial charge on any atom is -0.390 e. The largest absolute Gasteiger partial charge is 0.390 e. The van der Waals surface area contributed by atoms with Gasteiger partial charge in [-0.2, -0.15) is 0 Å². The van der Waals surface area contributed by atoms with Crippen molar-refractivity contribution < 1.29 is 48.9 Å². The molecule has 0 saturated carbocycles. The van der Waals surface area contributed by atoms with E-state index in [4.69, 9.17) is 28.7 Å². The van der Waals surface area contributed by atoms with Crippen LogP contribution in [0.15, 0.2) is 0 Å². The van der Waals surface area contributed by atoms with Crippen molar-refractivity contribution in [3.63, 3.8) is 0 Å². The molecule has 870 valence electrons. The maximum Gasteiger partial charge on any atom is 0.239 e. The fourth-order valence-corrected chi connectivity index (χ4v) is 18.2. The minimum atomic E-state index is -0.625. The smallest absolute Gasteiger partial charge is 0.239 e. The van der Waals surface area contributed by atoms with Gasteiger partial charge in [0.15, 0.2) is 0 Å². The molecule has 4 unspecified atom stereocenters. The summed E-state index contributed by atoms with van der Waals surface area (Å²) in [4.78, 5) is 95.5. The molecule has 0 aliphatic heterocycles. The first-order chi connectivity index (χ1) is 71.3. The number of hydrogen-bond donors (Lipinski definition) is 16. The third kappa shape index (κ3) is 117. The first kappa shape index (κ1) is 148. The Hall–Kier alpha value is -4.23. The van der Waals surface area contributed by atoms with Crippen molar-refractivity contribution in [2.45, 2.75) is 561 Å². The van der Waals surface area contributed by atoms with Gasteiger partial charge in [0.1, 0.15) is 0 Å². The van der Waals surface area contributed by atoms with Gasteiger partial charge in [-0.3, -0.25) is 33.6 Å². The second kappa shape index (κ2) is 124. The third-order valence-electron chi connectivity index (χ3n) is 27.9. The molecule has 0 aromatic rings. The van der Waals surface area contributed by atoms with Crippen LogP contribution in [0, 0.1) is 0 Å². The van der Waals surface area contributed by atoms with Crippen LogP contribution in [0.25, 0.3) is 0 Å². The predicted molar refractivity (Wildman–Crippen MR) is 624 cm³/mol. The molecule has 0 aliphatic carbocycles. The zero-order valence-electron chi connectivity index (χ0n) is 97.4. The molecule has 0 aliphatic rings. The molecule has 4 atom stereocenters. The number of carbonyl (C=O) groups is 7. The number of amides is 7. The van der Waals surface area contributed by atoms with Crippen LogP contribution >= 0.6 is 0 Å². The van der Waals surface area contributed by atoms with E-state index in [0.29, 0.717) is 123 Å². The van der Waals surface area contributed by atoms with E-state index in [1.807, 2.05) is 13.8 Å². The fraction of sp³-hybridized carbons (Fsp3) is 0.941. The molecule has 0 rings (SSSR count). The quantitative estimate of drug-likeness (QED) is 0.0251. The first-order valence-corrected chi connectivity index (χ1v) is 62.4. The van der Waals surface area contributed by atoms with Crippen molar-refractivity contribution >= 4 is 41.4 Å². The number of hydrogen-bond acceptors (Lipinski definition) is 20. The van der Waals surface area contributed by atoms with Crippen molar-refractivity contribution in [1.29, 1.82) is 0 Å². The van der Waals surface area contributed by atoms with E-state index in [0.717, 1.165) is 175 Å². The van der Waals surface area contributed by atoms with Crippen molar-refractivity contribution in [1.82, 2.24) is 62.1 Å². The maximum atomic E-state index is 13.1. The molecular formula is C119H249N17O10. The Morgan fingerprint density at radius 3 is 0.630 bits per heavy atom. The average Bonchev–Trinajstić information content (AvgIpc) is 0.909. The molecule has 0 bridgehead atoms. The van der Waals surface area contributed by atoms with E-state index in [-0.39, 0.29) is 61.0 Å².